The second-order valence-electron chi connectivity index (χ2n) is 2.17. The zero-order valence-corrected chi connectivity index (χ0v) is 5.39. The fourth-order valence-corrected chi connectivity index (χ4v) is 0.961. The maximum Gasteiger partial charge on any atom is 0.213 e. The van der Waals surface area contributed by atoms with Gasteiger partial charge in [0.2, 0.25) is 6.29 Å². The van der Waals surface area contributed by atoms with Gasteiger partial charge in [0.15, 0.2) is 0 Å². The van der Waals surface area contributed by atoms with Gasteiger partial charge in [-0.25, -0.2) is 0 Å². The minimum Gasteiger partial charge on any atom is -0.314 e. The first-order chi connectivity index (χ1) is 4.43. The van der Waals surface area contributed by atoms with Gasteiger partial charge in [-0.2, -0.15) is 0 Å². The van der Waals surface area contributed by atoms with Crippen LogP contribution in [-0.2, 0) is 4.79 Å². The van der Waals surface area contributed by atoms with Crippen LogP contribution in [0.1, 0.15) is 0 Å². The third-order valence-corrected chi connectivity index (χ3v) is 1.50. The Kier molecular flexibility index (Phi) is 2.67. The summed E-state index contributed by atoms with van der Waals surface area (Å²) in [6, 6.07) is 0. The molecule has 0 bridgehead atoms. The Bertz CT molecular complexity index is 89.1. The summed E-state index contributed by atoms with van der Waals surface area (Å²) in [6.45, 7) is 4.44. The van der Waals surface area contributed by atoms with Crippen LogP contribution in [0.2, 0.25) is 0 Å². The Morgan fingerprint density at radius 1 is 1.44 bits per heavy atom. The summed E-state index contributed by atoms with van der Waals surface area (Å²) in [5.74, 6) is 0. The molecule has 1 heterocycles. The van der Waals surface area contributed by atoms with E-state index in [1.165, 1.54) is 0 Å². The molecule has 0 aromatic rings. The molecule has 3 nitrogen and oxygen atoms in total. The second-order valence-corrected chi connectivity index (χ2v) is 2.17. The Labute approximate surface area is 55.0 Å². The van der Waals surface area contributed by atoms with Crippen molar-refractivity contribution in [3.8, 4) is 0 Å². The zero-order valence-electron chi connectivity index (χ0n) is 5.39. The number of nitrogens with zero attached hydrogens (tertiary/aromatic N) is 1. The summed E-state index contributed by atoms with van der Waals surface area (Å²) >= 11 is 0. The molecule has 1 N–H and O–H groups in total. The lowest BCUT2D eigenvalue weighted by Crippen LogP contribution is -2.44. The molecule has 0 atom stereocenters. The van der Waals surface area contributed by atoms with Gasteiger partial charge < -0.3 is 5.32 Å². The van der Waals surface area contributed by atoms with Crippen LogP contribution in [0.15, 0.2) is 0 Å². The minimum atomic E-state index is 0.474. The molecule has 1 fully saturated rings. The van der Waals surface area contributed by atoms with E-state index >= 15 is 0 Å². The molecule has 0 saturated carbocycles. The molecule has 0 aromatic heterocycles. The first-order valence-electron chi connectivity index (χ1n) is 3.21. The lowest BCUT2D eigenvalue weighted by atomic mass is 10.4. The number of nitrogens with one attached hydrogen (secondary N) is 1. The predicted molar refractivity (Wildman–Crippen MR) is 35.0 cm³/mol. The number of hydrogen-bond acceptors (Lipinski definition) is 3. The third-order valence-electron chi connectivity index (χ3n) is 1.50. The summed E-state index contributed by atoms with van der Waals surface area (Å²) in [6.07, 6.45) is 1.89. The Hall–Kier alpha value is -0.410. The van der Waals surface area contributed by atoms with Crippen LogP contribution < -0.4 is 5.32 Å². The molecule has 0 amide bonds. The van der Waals surface area contributed by atoms with Crippen LogP contribution in [-0.4, -0.2) is 43.9 Å². The SMILES string of the molecule is O=[C]CN1CCNCC1. The van der Waals surface area contributed by atoms with E-state index in [1.807, 2.05) is 6.29 Å². The quantitative estimate of drug-likeness (QED) is 0.516. The summed E-state index contributed by atoms with van der Waals surface area (Å²) in [5, 5.41) is 3.20. The number of carbonyl (C=O) groups excluding carboxylic acids is 1. The molecular weight excluding hydrogens is 116 g/mol. The van der Waals surface area contributed by atoms with Crippen molar-refractivity contribution in [1.82, 2.24) is 10.2 Å². The van der Waals surface area contributed by atoms with Gasteiger partial charge in [0, 0.05) is 26.2 Å². The van der Waals surface area contributed by atoms with E-state index in [0.717, 1.165) is 26.2 Å². The topological polar surface area (TPSA) is 32.3 Å². The van der Waals surface area contributed by atoms with Crippen LogP contribution in [0.5, 0.6) is 0 Å². The fourth-order valence-electron chi connectivity index (χ4n) is 0.961. The molecule has 1 aliphatic heterocycles. The van der Waals surface area contributed by atoms with Gasteiger partial charge >= 0.3 is 0 Å². The molecular formula is C6H11N2O. The highest BCUT2D eigenvalue weighted by molar-refractivity contribution is 5.53. The maximum atomic E-state index is 9.89. The molecule has 0 aliphatic carbocycles. The van der Waals surface area contributed by atoms with Gasteiger partial charge in [-0.15, -0.1) is 0 Å². The zero-order chi connectivity index (χ0) is 6.53. The molecule has 0 aromatic carbocycles. The van der Waals surface area contributed by atoms with E-state index in [9.17, 15) is 4.79 Å². The molecule has 1 saturated heterocycles. The van der Waals surface area contributed by atoms with Gasteiger partial charge in [0.1, 0.15) is 0 Å². The van der Waals surface area contributed by atoms with Crippen molar-refractivity contribution in [2.75, 3.05) is 32.7 Å². The fraction of sp³-hybridized carbons (Fsp3) is 0.833. The van der Waals surface area contributed by atoms with Gasteiger partial charge in [0.25, 0.3) is 0 Å². The molecule has 0 spiro atoms. The van der Waals surface area contributed by atoms with Crippen LogP contribution >= 0.6 is 0 Å². The number of piperazine rings is 1. The van der Waals surface area contributed by atoms with Crippen molar-refractivity contribution in [2.24, 2.45) is 0 Å². The van der Waals surface area contributed by atoms with E-state index in [-0.39, 0.29) is 0 Å². The van der Waals surface area contributed by atoms with Gasteiger partial charge in [0.05, 0.1) is 6.54 Å². The van der Waals surface area contributed by atoms with E-state index in [0.29, 0.717) is 6.54 Å². The number of rotatable bonds is 2. The Morgan fingerprint density at radius 2 is 2.11 bits per heavy atom. The van der Waals surface area contributed by atoms with E-state index < -0.39 is 0 Å². The maximum absolute atomic E-state index is 9.89. The Balaban J connectivity index is 2.15. The summed E-state index contributed by atoms with van der Waals surface area (Å²) in [4.78, 5) is 12.0. The first-order valence-corrected chi connectivity index (χ1v) is 3.21. The van der Waals surface area contributed by atoms with Crippen molar-refractivity contribution in [2.45, 2.75) is 0 Å². The summed E-state index contributed by atoms with van der Waals surface area (Å²) in [5.41, 5.74) is 0. The van der Waals surface area contributed by atoms with E-state index in [1.54, 1.807) is 0 Å². The van der Waals surface area contributed by atoms with Crippen molar-refractivity contribution in [3.05, 3.63) is 0 Å². The normalized spacial score (nSPS) is 21.8. The predicted octanol–water partition coefficient (Wildman–Crippen LogP) is -0.999. The average molecular weight is 127 g/mol. The smallest absolute Gasteiger partial charge is 0.213 e. The molecule has 51 valence electrons. The van der Waals surface area contributed by atoms with Crippen molar-refractivity contribution in [3.63, 3.8) is 0 Å². The van der Waals surface area contributed by atoms with Crippen molar-refractivity contribution in [1.29, 1.82) is 0 Å². The Morgan fingerprint density at radius 3 is 2.67 bits per heavy atom. The lowest BCUT2D eigenvalue weighted by Gasteiger charge is -2.24. The monoisotopic (exact) mass is 127 g/mol. The van der Waals surface area contributed by atoms with Crippen molar-refractivity contribution < 1.29 is 4.79 Å². The average Bonchev–Trinajstić information content (AvgIpc) is 1.91. The molecule has 1 radical (unpaired) electrons. The molecule has 1 rings (SSSR count). The lowest BCUT2D eigenvalue weighted by molar-refractivity contribution is 0.268. The van der Waals surface area contributed by atoms with Crippen LogP contribution in [0.4, 0.5) is 0 Å². The van der Waals surface area contributed by atoms with Gasteiger partial charge in [-0.3, -0.25) is 9.69 Å². The minimum absolute atomic E-state index is 0.474. The highest BCUT2D eigenvalue weighted by atomic mass is 16.1. The molecule has 9 heavy (non-hydrogen) atoms. The van der Waals surface area contributed by atoms with Crippen LogP contribution in [0.25, 0.3) is 0 Å². The standard InChI is InChI=1S/C6H11N2O/c9-6-5-8-3-1-7-2-4-8/h7H,1-5H2. The van der Waals surface area contributed by atoms with Crippen LogP contribution in [0.3, 0.4) is 0 Å². The highest BCUT2D eigenvalue weighted by Crippen LogP contribution is 1.87. The summed E-state index contributed by atoms with van der Waals surface area (Å²) in [7, 11) is 0. The van der Waals surface area contributed by atoms with E-state index in [2.05, 4.69) is 10.2 Å². The van der Waals surface area contributed by atoms with E-state index in [4.69, 9.17) is 0 Å². The second kappa shape index (κ2) is 3.58. The highest BCUT2D eigenvalue weighted by Gasteiger charge is 2.07. The molecule has 3 heteroatoms. The number of hydrogen-bond donors (Lipinski definition) is 1. The third kappa shape index (κ3) is 2.11. The molecule has 1 aliphatic rings. The van der Waals surface area contributed by atoms with Crippen LogP contribution in [0, 0.1) is 0 Å². The van der Waals surface area contributed by atoms with Gasteiger partial charge in [-0.1, -0.05) is 0 Å². The summed E-state index contributed by atoms with van der Waals surface area (Å²) < 4.78 is 0. The molecule has 0 unspecified atom stereocenters. The van der Waals surface area contributed by atoms with Crippen molar-refractivity contribution >= 4 is 6.29 Å². The first kappa shape index (κ1) is 6.71. The van der Waals surface area contributed by atoms with Gasteiger partial charge in [-0.05, 0) is 0 Å². The largest absolute Gasteiger partial charge is 0.314 e.